The lowest BCUT2D eigenvalue weighted by molar-refractivity contribution is 0.0697. The summed E-state index contributed by atoms with van der Waals surface area (Å²) in [7, 11) is 0. The van der Waals surface area contributed by atoms with Crippen LogP contribution in [0.2, 0.25) is 0 Å². The standard InChI is InChI=1S/C20H24O4/c1-14(2)24-18-9-5-8-16(19(18)21)7-4-3-6-15-10-12-17(13-11-15)20(22)23/h5,8-14,21H,3-4,6-7H2,1-2H3,(H,22,23). The highest BCUT2D eigenvalue weighted by molar-refractivity contribution is 5.87. The summed E-state index contributed by atoms with van der Waals surface area (Å²) in [5, 5.41) is 19.1. The van der Waals surface area contributed by atoms with Gasteiger partial charge in [0, 0.05) is 0 Å². The summed E-state index contributed by atoms with van der Waals surface area (Å²) in [6, 6.07) is 12.6. The molecule has 128 valence electrons. The van der Waals surface area contributed by atoms with E-state index in [2.05, 4.69) is 0 Å². The zero-order chi connectivity index (χ0) is 17.5. The van der Waals surface area contributed by atoms with Crippen molar-refractivity contribution >= 4 is 5.97 Å². The van der Waals surface area contributed by atoms with Gasteiger partial charge in [0.25, 0.3) is 0 Å². The van der Waals surface area contributed by atoms with Gasteiger partial charge in [-0.25, -0.2) is 4.79 Å². The Morgan fingerprint density at radius 3 is 2.33 bits per heavy atom. The quantitative estimate of drug-likeness (QED) is 0.703. The van der Waals surface area contributed by atoms with Gasteiger partial charge in [0.15, 0.2) is 11.5 Å². The highest BCUT2D eigenvalue weighted by Crippen LogP contribution is 2.31. The average molecular weight is 328 g/mol. The maximum absolute atomic E-state index is 10.8. The molecule has 0 aliphatic rings. The van der Waals surface area contributed by atoms with Crippen molar-refractivity contribution in [2.75, 3.05) is 0 Å². The Hall–Kier alpha value is -2.49. The largest absolute Gasteiger partial charge is 0.504 e. The number of phenolic OH excluding ortho intramolecular Hbond substituents is 1. The number of benzene rings is 2. The molecule has 0 fully saturated rings. The lowest BCUT2D eigenvalue weighted by Gasteiger charge is -2.13. The van der Waals surface area contributed by atoms with Crippen molar-refractivity contribution in [3.05, 3.63) is 59.2 Å². The number of carboxylic acids is 1. The fourth-order valence-electron chi connectivity index (χ4n) is 2.58. The summed E-state index contributed by atoms with van der Waals surface area (Å²) in [6.45, 7) is 3.86. The molecule has 2 aromatic rings. The average Bonchev–Trinajstić information content (AvgIpc) is 2.54. The van der Waals surface area contributed by atoms with E-state index in [1.807, 2.05) is 38.1 Å². The van der Waals surface area contributed by atoms with Crippen molar-refractivity contribution in [1.29, 1.82) is 0 Å². The number of hydrogen-bond donors (Lipinski definition) is 2. The minimum Gasteiger partial charge on any atom is -0.504 e. The molecule has 0 spiro atoms. The summed E-state index contributed by atoms with van der Waals surface area (Å²) in [5.74, 6) is -0.135. The number of aryl methyl sites for hydroxylation is 2. The van der Waals surface area contributed by atoms with Gasteiger partial charge in [-0.15, -0.1) is 0 Å². The highest BCUT2D eigenvalue weighted by atomic mass is 16.5. The van der Waals surface area contributed by atoms with Crippen LogP contribution in [0.15, 0.2) is 42.5 Å². The second kappa shape index (κ2) is 8.39. The molecule has 2 N–H and O–H groups in total. The predicted molar refractivity (Wildman–Crippen MR) is 93.9 cm³/mol. The minimum absolute atomic E-state index is 0.0277. The predicted octanol–water partition coefficient (Wildman–Crippen LogP) is 4.44. The van der Waals surface area contributed by atoms with Gasteiger partial charge >= 0.3 is 5.97 Å². The molecular weight excluding hydrogens is 304 g/mol. The van der Waals surface area contributed by atoms with Gasteiger partial charge in [-0.05, 0) is 68.9 Å². The highest BCUT2D eigenvalue weighted by Gasteiger charge is 2.09. The number of hydrogen-bond acceptors (Lipinski definition) is 3. The number of unbranched alkanes of at least 4 members (excludes halogenated alkanes) is 1. The van der Waals surface area contributed by atoms with Gasteiger partial charge in [0.1, 0.15) is 0 Å². The van der Waals surface area contributed by atoms with Crippen molar-refractivity contribution in [1.82, 2.24) is 0 Å². The van der Waals surface area contributed by atoms with E-state index < -0.39 is 5.97 Å². The summed E-state index contributed by atoms with van der Waals surface area (Å²) >= 11 is 0. The number of carboxylic acid groups (broad SMARTS) is 1. The molecule has 0 saturated heterocycles. The third-order valence-corrected chi connectivity index (χ3v) is 3.81. The number of aromatic hydroxyl groups is 1. The molecule has 0 aliphatic carbocycles. The normalized spacial score (nSPS) is 10.8. The van der Waals surface area contributed by atoms with E-state index in [9.17, 15) is 9.90 Å². The fraction of sp³-hybridized carbons (Fsp3) is 0.350. The van der Waals surface area contributed by atoms with Crippen molar-refractivity contribution in [3.8, 4) is 11.5 Å². The second-order valence-electron chi connectivity index (χ2n) is 6.14. The van der Waals surface area contributed by atoms with Crippen LogP contribution in [0.4, 0.5) is 0 Å². The monoisotopic (exact) mass is 328 g/mol. The molecule has 4 heteroatoms. The van der Waals surface area contributed by atoms with Gasteiger partial charge in [0.05, 0.1) is 11.7 Å². The Bertz CT molecular complexity index is 675. The Kier molecular flexibility index (Phi) is 6.24. The molecule has 0 aromatic heterocycles. The lowest BCUT2D eigenvalue weighted by Crippen LogP contribution is -2.06. The Labute approximate surface area is 142 Å². The van der Waals surface area contributed by atoms with E-state index in [0.717, 1.165) is 36.8 Å². The van der Waals surface area contributed by atoms with Crippen LogP contribution in [0.25, 0.3) is 0 Å². The van der Waals surface area contributed by atoms with E-state index in [-0.39, 0.29) is 11.9 Å². The van der Waals surface area contributed by atoms with Crippen LogP contribution in [0.1, 0.15) is 48.2 Å². The summed E-state index contributed by atoms with van der Waals surface area (Å²) < 4.78 is 5.59. The molecule has 4 nitrogen and oxygen atoms in total. The summed E-state index contributed by atoms with van der Waals surface area (Å²) in [6.07, 6.45) is 3.62. The van der Waals surface area contributed by atoms with Crippen molar-refractivity contribution < 1.29 is 19.7 Å². The summed E-state index contributed by atoms with van der Waals surface area (Å²) in [4.78, 5) is 10.8. The molecule has 0 bridgehead atoms. The molecule has 0 radical (unpaired) electrons. The molecule has 0 heterocycles. The number of rotatable bonds is 8. The topological polar surface area (TPSA) is 66.8 Å². The van der Waals surface area contributed by atoms with Gasteiger partial charge in [-0.3, -0.25) is 0 Å². The Balaban J connectivity index is 1.85. The zero-order valence-electron chi connectivity index (χ0n) is 14.2. The molecule has 0 amide bonds. The lowest BCUT2D eigenvalue weighted by atomic mass is 10.0. The van der Waals surface area contributed by atoms with Crippen molar-refractivity contribution in [3.63, 3.8) is 0 Å². The third-order valence-electron chi connectivity index (χ3n) is 3.81. The fourth-order valence-corrected chi connectivity index (χ4v) is 2.58. The first-order valence-corrected chi connectivity index (χ1v) is 8.27. The third kappa shape index (κ3) is 5.01. The van der Waals surface area contributed by atoms with E-state index in [4.69, 9.17) is 9.84 Å². The summed E-state index contributed by atoms with van der Waals surface area (Å²) in [5.41, 5.74) is 2.33. The Morgan fingerprint density at radius 1 is 1.04 bits per heavy atom. The molecule has 0 atom stereocenters. The first-order valence-electron chi connectivity index (χ1n) is 8.27. The van der Waals surface area contributed by atoms with Crippen LogP contribution < -0.4 is 4.74 Å². The first kappa shape index (κ1) is 17.9. The first-order chi connectivity index (χ1) is 11.5. The number of carbonyl (C=O) groups is 1. The van der Waals surface area contributed by atoms with Gasteiger partial charge in [-0.1, -0.05) is 24.3 Å². The van der Waals surface area contributed by atoms with Gasteiger partial charge in [-0.2, -0.15) is 0 Å². The van der Waals surface area contributed by atoms with E-state index >= 15 is 0 Å². The number of phenols is 1. The van der Waals surface area contributed by atoms with Crippen LogP contribution in [-0.4, -0.2) is 22.3 Å². The molecule has 2 rings (SSSR count). The molecule has 0 unspecified atom stereocenters. The number of para-hydroxylation sites is 1. The van der Waals surface area contributed by atoms with Gasteiger partial charge in [0.2, 0.25) is 0 Å². The van der Waals surface area contributed by atoms with Gasteiger partial charge < -0.3 is 14.9 Å². The molecule has 2 aromatic carbocycles. The molecule has 0 aliphatic heterocycles. The maximum atomic E-state index is 10.8. The van der Waals surface area contributed by atoms with Crippen LogP contribution in [0.3, 0.4) is 0 Å². The van der Waals surface area contributed by atoms with Crippen LogP contribution in [-0.2, 0) is 12.8 Å². The van der Waals surface area contributed by atoms with E-state index in [1.54, 1.807) is 18.2 Å². The van der Waals surface area contributed by atoms with Crippen molar-refractivity contribution in [2.45, 2.75) is 45.6 Å². The van der Waals surface area contributed by atoms with Crippen LogP contribution in [0.5, 0.6) is 11.5 Å². The number of ether oxygens (including phenoxy) is 1. The van der Waals surface area contributed by atoms with Crippen LogP contribution in [0, 0.1) is 0 Å². The van der Waals surface area contributed by atoms with Crippen LogP contribution >= 0.6 is 0 Å². The zero-order valence-corrected chi connectivity index (χ0v) is 14.2. The SMILES string of the molecule is CC(C)Oc1cccc(CCCCc2ccc(C(=O)O)cc2)c1O. The minimum atomic E-state index is -0.902. The Morgan fingerprint density at radius 2 is 1.71 bits per heavy atom. The smallest absolute Gasteiger partial charge is 0.335 e. The molecule has 24 heavy (non-hydrogen) atoms. The second-order valence-corrected chi connectivity index (χ2v) is 6.14. The van der Waals surface area contributed by atoms with E-state index in [0.29, 0.717) is 11.3 Å². The molecular formula is C20H24O4. The van der Waals surface area contributed by atoms with Crippen molar-refractivity contribution in [2.24, 2.45) is 0 Å². The molecule has 0 saturated carbocycles. The number of aromatic carboxylic acids is 1. The maximum Gasteiger partial charge on any atom is 0.335 e. The van der Waals surface area contributed by atoms with E-state index in [1.165, 1.54) is 0 Å².